The van der Waals surface area contributed by atoms with E-state index in [2.05, 4.69) is 9.93 Å². The first-order chi connectivity index (χ1) is 11.0. The van der Waals surface area contributed by atoms with Crippen LogP contribution in [0.2, 0.25) is 0 Å². The number of nitrogens with zero attached hydrogens (tertiary/aromatic N) is 1. The van der Waals surface area contributed by atoms with Crippen LogP contribution in [0.15, 0.2) is 52.5 Å². The Labute approximate surface area is 134 Å². The Hall–Kier alpha value is -2.74. The fraction of sp³-hybridized carbons (Fsp3) is 0.133. The lowest BCUT2D eigenvalue weighted by atomic mass is 10.2. The lowest BCUT2D eigenvalue weighted by Crippen LogP contribution is -2.19. The van der Waals surface area contributed by atoms with Crippen LogP contribution in [-0.2, 0) is 10.0 Å². The van der Waals surface area contributed by atoms with Crippen molar-refractivity contribution in [2.75, 3.05) is 14.2 Å². The van der Waals surface area contributed by atoms with Gasteiger partial charge in [-0.2, -0.15) is 18.4 Å². The van der Waals surface area contributed by atoms with E-state index in [4.69, 9.17) is 9.47 Å². The molecule has 0 saturated heterocycles. The van der Waals surface area contributed by atoms with Gasteiger partial charge in [-0.1, -0.05) is 12.1 Å². The largest absolute Gasteiger partial charge is 0.507 e. The van der Waals surface area contributed by atoms with Gasteiger partial charge >= 0.3 is 0 Å². The van der Waals surface area contributed by atoms with Crippen LogP contribution in [0.1, 0.15) is 5.56 Å². The predicted molar refractivity (Wildman–Crippen MR) is 85.6 cm³/mol. The maximum atomic E-state index is 12.3. The van der Waals surface area contributed by atoms with Crippen LogP contribution in [0.5, 0.6) is 17.2 Å². The molecule has 0 bridgehead atoms. The van der Waals surface area contributed by atoms with E-state index < -0.39 is 10.0 Å². The van der Waals surface area contributed by atoms with Crippen LogP contribution < -0.4 is 14.3 Å². The van der Waals surface area contributed by atoms with E-state index in [9.17, 15) is 13.5 Å². The highest BCUT2D eigenvalue weighted by molar-refractivity contribution is 7.89. The summed E-state index contributed by atoms with van der Waals surface area (Å²) in [5.74, 6) is 0.602. The quantitative estimate of drug-likeness (QED) is 0.618. The van der Waals surface area contributed by atoms with E-state index >= 15 is 0 Å². The van der Waals surface area contributed by atoms with Crippen molar-refractivity contribution in [3.8, 4) is 17.2 Å². The molecule has 0 fully saturated rings. The second-order valence-electron chi connectivity index (χ2n) is 4.43. The number of methoxy groups -OCH3 is 2. The molecule has 0 aliphatic carbocycles. The summed E-state index contributed by atoms with van der Waals surface area (Å²) in [6.07, 6.45) is 1.21. The zero-order valence-corrected chi connectivity index (χ0v) is 13.4. The number of sulfonamides is 1. The minimum absolute atomic E-state index is 0.00234. The number of hydrogen-bond acceptors (Lipinski definition) is 6. The van der Waals surface area contributed by atoms with Crippen LogP contribution >= 0.6 is 0 Å². The molecule has 0 amide bonds. The Morgan fingerprint density at radius 2 is 1.87 bits per heavy atom. The van der Waals surface area contributed by atoms with Crippen molar-refractivity contribution >= 4 is 16.2 Å². The third-order valence-corrected chi connectivity index (χ3v) is 4.24. The van der Waals surface area contributed by atoms with Crippen molar-refractivity contribution in [2.24, 2.45) is 5.10 Å². The summed E-state index contributed by atoms with van der Waals surface area (Å²) in [5.41, 5.74) is 0.386. The molecule has 0 heterocycles. The van der Waals surface area contributed by atoms with Gasteiger partial charge in [0.2, 0.25) is 0 Å². The first-order valence-corrected chi connectivity index (χ1v) is 8.01. The minimum atomic E-state index is -3.92. The van der Waals surface area contributed by atoms with Gasteiger partial charge in [-0.05, 0) is 24.3 Å². The Balaban J connectivity index is 2.24. The van der Waals surface area contributed by atoms with Crippen LogP contribution in [0.25, 0.3) is 0 Å². The molecule has 0 spiro atoms. The molecule has 2 N–H and O–H groups in total. The number of para-hydroxylation sites is 1. The summed E-state index contributed by atoms with van der Waals surface area (Å²) >= 11 is 0. The van der Waals surface area contributed by atoms with Crippen molar-refractivity contribution in [1.29, 1.82) is 0 Å². The van der Waals surface area contributed by atoms with Crippen molar-refractivity contribution in [3.63, 3.8) is 0 Å². The Kier molecular flexibility index (Phi) is 5.07. The van der Waals surface area contributed by atoms with Gasteiger partial charge in [-0.15, -0.1) is 0 Å². The fourth-order valence-corrected chi connectivity index (χ4v) is 2.75. The number of benzene rings is 2. The number of phenols is 1. The molecule has 0 radical (unpaired) electrons. The third-order valence-electron chi connectivity index (χ3n) is 2.97. The van der Waals surface area contributed by atoms with Gasteiger partial charge in [-0.25, -0.2) is 0 Å². The normalized spacial score (nSPS) is 11.4. The van der Waals surface area contributed by atoms with Gasteiger partial charge in [0.1, 0.15) is 22.1 Å². The Morgan fingerprint density at radius 1 is 1.13 bits per heavy atom. The molecule has 0 aliphatic rings. The highest BCUT2D eigenvalue weighted by Gasteiger charge is 2.19. The molecule has 7 nitrogen and oxygen atoms in total. The molecule has 122 valence electrons. The summed E-state index contributed by atoms with van der Waals surface area (Å²) in [6, 6.07) is 10.7. The molecule has 0 aromatic heterocycles. The van der Waals surface area contributed by atoms with E-state index in [1.165, 1.54) is 44.7 Å². The van der Waals surface area contributed by atoms with Gasteiger partial charge in [0.15, 0.2) is 0 Å². The number of aromatic hydroxyl groups is 1. The number of nitrogens with one attached hydrogen (secondary N) is 1. The highest BCUT2D eigenvalue weighted by Crippen LogP contribution is 2.28. The molecule has 2 aromatic rings. The third kappa shape index (κ3) is 3.92. The summed E-state index contributed by atoms with van der Waals surface area (Å²) in [4.78, 5) is 2.00. The van der Waals surface area contributed by atoms with Crippen LogP contribution in [0.4, 0.5) is 0 Å². The number of ether oxygens (including phenoxy) is 2. The van der Waals surface area contributed by atoms with Gasteiger partial charge < -0.3 is 14.6 Å². The smallest absolute Gasteiger partial charge is 0.280 e. The SMILES string of the molecule is COc1ccc(S(=O)(=O)N/N=C\c2ccccc2O)c(OC)c1. The predicted octanol–water partition coefficient (Wildman–Crippen LogP) is 1.72. The van der Waals surface area contributed by atoms with Crippen molar-refractivity contribution < 1.29 is 23.0 Å². The van der Waals surface area contributed by atoms with Gasteiger partial charge in [0.05, 0.1) is 20.4 Å². The second kappa shape index (κ2) is 7.01. The molecule has 0 saturated carbocycles. The molecule has 0 aliphatic heterocycles. The summed E-state index contributed by atoms with van der Waals surface area (Å²) in [5, 5.41) is 13.3. The Bertz CT molecular complexity index is 818. The fourth-order valence-electron chi connectivity index (χ4n) is 1.81. The second-order valence-corrected chi connectivity index (χ2v) is 6.06. The average Bonchev–Trinajstić information content (AvgIpc) is 2.55. The van der Waals surface area contributed by atoms with E-state index in [1.807, 2.05) is 0 Å². The number of hydrogen-bond donors (Lipinski definition) is 2. The molecule has 23 heavy (non-hydrogen) atoms. The molecule has 0 unspecified atom stereocenters. The van der Waals surface area contributed by atoms with Crippen molar-refractivity contribution in [1.82, 2.24) is 4.83 Å². The van der Waals surface area contributed by atoms with E-state index in [0.717, 1.165) is 0 Å². The van der Waals surface area contributed by atoms with Crippen LogP contribution in [-0.4, -0.2) is 34.0 Å². The minimum Gasteiger partial charge on any atom is -0.507 e. The van der Waals surface area contributed by atoms with Crippen LogP contribution in [0, 0.1) is 0 Å². The van der Waals surface area contributed by atoms with E-state index in [-0.39, 0.29) is 16.4 Å². The zero-order chi connectivity index (χ0) is 16.9. The molecular formula is C15H16N2O5S. The van der Waals surface area contributed by atoms with Crippen molar-refractivity contribution in [2.45, 2.75) is 4.90 Å². The molecule has 0 atom stereocenters. The van der Waals surface area contributed by atoms with Gasteiger partial charge in [-0.3, -0.25) is 0 Å². The van der Waals surface area contributed by atoms with Crippen molar-refractivity contribution in [3.05, 3.63) is 48.0 Å². The maximum absolute atomic E-state index is 12.3. The van der Waals surface area contributed by atoms with E-state index in [1.54, 1.807) is 18.2 Å². The molecule has 8 heteroatoms. The number of phenolic OH excluding ortho intramolecular Hbond substituents is 1. The lowest BCUT2D eigenvalue weighted by molar-refractivity contribution is 0.386. The topological polar surface area (TPSA) is 97.2 Å². The Morgan fingerprint density at radius 3 is 2.52 bits per heavy atom. The lowest BCUT2D eigenvalue weighted by Gasteiger charge is -2.10. The van der Waals surface area contributed by atoms with Gasteiger partial charge in [0, 0.05) is 11.6 Å². The number of hydrazone groups is 1. The summed E-state index contributed by atoms with van der Waals surface area (Å²) in [7, 11) is -1.09. The number of rotatable bonds is 6. The maximum Gasteiger partial charge on any atom is 0.280 e. The summed E-state index contributed by atoms with van der Waals surface area (Å²) < 4.78 is 34.6. The van der Waals surface area contributed by atoms with Crippen LogP contribution in [0.3, 0.4) is 0 Å². The average molecular weight is 336 g/mol. The van der Waals surface area contributed by atoms with Gasteiger partial charge in [0.25, 0.3) is 10.0 Å². The molecular weight excluding hydrogens is 320 g/mol. The monoisotopic (exact) mass is 336 g/mol. The highest BCUT2D eigenvalue weighted by atomic mass is 32.2. The first-order valence-electron chi connectivity index (χ1n) is 6.53. The van der Waals surface area contributed by atoms with E-state index in [0.29, 0.717) is 11.3 Å². The standard InChI is InChI=1S/C15H16N2O5S/c1-21-12-7-8-15(14(9-12)22-2)23(19,20)17-16-10-11-5-3-4-6-13(11)18/h3-10,17-18H,1-2H3/b16-10-. The molecule has 2 aromatic carbocycles. The molecule has 2 rings (SSSR count). The zero-order valence-electron chi connectivity index (χ0n) is 12.6. The summed E-state index contributed by atoms with van der Waals surface area (Å²) in [6.45, 7) is 0. The first kappa shape index (κ1) is 16.6.